The molecule has 1 aromatic rings. The van der Waals surface area contributed by atoms with Gasteiger partial charge in [0.1, 0.15) is 5.78 Å². The van der Waals surface area contributed by atoms with E-state index in [1.165, 1.54) is 0 Å². The summed E-state index contributed by atoms with van der Waals surface area (Å²) >= 11 is 6.08. The zero-order valence-electron chi connectivity index (χ0n) is 9.67. The fourth-order valence-corrected chi connectivity index (χ4v) is 1.74. The van der Waals surface area contributed by atoms with Crippen molar-refractivity contribution in [3.05, 3.63) is 16.4 Å². The Bertz CT molecular complexity index is 369. The second kappa shape index (κ2) is 4.79. The van der Waals surface area contributed by atoms with Crippen molar-refractivity contribution >= 4 is 17.4 Å². The van der Waals surface area contributed by atoms with Crippen molar-refractivity contribution in [2.45, 2.75) is 33.6 Å². The van der Waals surface area contributed by atoms with Gasteiger partial charge in [-0.1, -0.05) is 25.4 Å². The number of aromatic nitrogens is 2. The minimum Gasteiger partial charge on any atom is -0.299 e. The van der Waals surface area contributed by atoms with E-state index in [1.54, 1.807) is 4.68 Å². The van der Waals surface area contributed by atoms with Gasteiger partial charge in [0.05, 0.1) is 16.4 Å². The Morgan fingerprint density at radius 3 is 2.53 bits per heavy atom. The summed E-state index contributed by atoms with van der Waals surface area (Å²) in [5, 5.41) is 4.90. The summed E-state index contributed by atoms with van der Waals surface area (Å²) < 4.78 is 1.76. The van der Waals surface area contributed by atoms with E-state index >= 15 is 0 Å². The Hall–Kier alpha value is -0.830. The van der Waals surface area contributed by atoms with Crippen molar-refractivity contribution in [1.82, 2.24) is 9.78 Å². The number of hydrogen-bond acceptors (Lipinski definition) is 2. The molecule has 0 aliphatic rings. The summed E-state index contributed by atoms with van der Waals surface area (Å²) in [6.07, 6.45) is 1.21. The van der Waals surface area contributed by atoms with Gasteiger partial charge in [0, 0.05) is 19.4 Å². The lowest BCUT2D eigenvalue weighted by Gasteiger charge is -2.04. The third-order valence-electron chi connectivity index (χ3n) is 2.51. The Balaban J connectivity index is 2.69. The molecule has 0 spiro atoms. The van der Waals surface area contributed by atoms with E-state index in [0.717, 1.165) is 11.4 Å². The third-order valence-corrected chi connectivity index (χ3v) is 3.01. The third kappa shape index (κ3) is 2.81. The molecule has 4 heteroatoms. The van der Waals surface area contributed by atoms with Crippen molar-refractivity contribution in [2.24, 2.45) is 13.0 Å². The number of halogens is 1. The summed E-state index contributed by atoms with van der Waals surface area (Å²) in [6, 6.07) is 0. The standard InChI is InChI=1S/C11H17ClN2O/c1-7(2)10(15)6-5-9-11(12)8(3)13-14(9)4/h7H,5-6H2,1-4H3. The number of carbonyl (C=O) groups is 1. The lowest BCUT2D eigenvalue weighted by Crippen LogP contribution is -2.09. The molecule has 1 rings (SSSR count). The summed E-state index contributed by atoms with van der Waals surface area (Å²) in [4.78, 5) is 11.5. The zero-order valence-corrected chi connectivity index (χ0v) is 10.4. The largest absolute Gasteiger partial charge is 0.299 e. The highest BCUT2D eigenvalue weighted by atomic mass is 35.5. The molecule has 0 aliphatic carbocycles. The van der Waals surface area contributed by atoms with Crippen LogP contribution in [-0.2, 0) is 18.3 Å². The van der Waals surface area contributed by atoms with Gasteiger partial charge in [-0.25, -0.2) is 0 Å². The first-order valence-electron chi connectivity index (χ1n) is 5.14. The number of ketones is 1. The molecule has 84 valence electrons. The highest BCUT2D eigenvalue weighted by Gasteiger charge is 2.13. The van der Waals surface area contributed by atoms with Crippen LogP contribution in [0.3, 0.4) is 0 Å². The quantitative estimate of drug-likeness (QED) is 0.794. The molecule has 0 aliphatic heterocycles. The van der Waals surface area contributed by atoms with Gasteiger partial charge >= 0.3 is 0 Å². The van der Waals surface area contributed by atoms with Crippen LogP contribution in [0.25, 0.3) is 0 Å². The molecule has 0 saturated heterocycles. The van der Waals surface area contributed by atoms with Gasteiger partial charge in [-0.2, -0.15) is 5.10 Å². The molecule has 1 aromatic heterocycles. The fraction of sp³-hybridized carbons (Fsp3) is 0.636. The number of hydrogen-bond donors (Lipinski definition) is 0. The SMILES string of the molecule is Cc1nn(C)c(CCC(=O)C(C)C)c1Cl. The number of rotatable bonds is 4. The highest BCUT2D eigenvalue weighted by molar-refractivity contribution is 6.31. The molecule has 0 radical (unpaired) electrons. The average Bonchev–Trinajstić information content (AvgIpc) is 2.38. The average molecular weight is 229 g/mol. The Kier molecular flexibility index (Phi) is 3.91. The van der Waals surface area contributed by atoms with Crippen LogP contribution in [0.15, 0.2) is 0 Å². The molecule has 0 atom stereocenters. The molecular formula is C11H17ClN2O. The van der Waals surface area contributed by atoms with Crippen LogP contribution in [0.5, 0.6) is 0 Å². The predicted octanol–water partition coefficient (Wildman–Crippen LogP) is 2.54. The molecule has 3 nitrogen and oxygen atoms in total. The van der Waals surface area contributed by atoms with Gasteiger partial charge in [0.15, 0.2) is 0 Å². The normalized spacial score (nSPS) is 11.1. The number of carbonyl (C=O) groups excluding carboxylic acids is 1. The minimum absolute atomic E-state index is 0.0955. The van der Waals surface area contributed by atoms with Crippen molar-refractivity contribution in [2.75, 3.05) is 0 Å². The summed E-state index contributed by atoms with van der Waals surface area (Å²) in [5.74, 6) is 0.364. The van der Waals surface area contributed by atoms with E-state index in [0.29, 0.717) is 17.9 Å². The maximum atomic E-state index is 11.5. The maximum absolute atomic E-state index is 11.5. The van der Waals surface area contributed by atoms with E-state index in [-0.39, 0.29) is 11.7 Å². The van der Waals surface area contributed by atoms with Crippen LogP contribution in [-0.4, -0.2) is 15.6 Å². The fourth-order valence-electron chi connectivity index (χ4n) is 1.48. The molecule has 1 heterocycles. The first-order valence-corrected chi connectivity index (χ1v) is 5.52. The summed E-state index contributed by atoms with van der Waals surface area (Å²) in [6.45, 7) is 5.70. The second-order valence-corrected chi connectivity index (χ2v) is 4.47. The lowest BCUT2D eigenvalue weighted by molar-refractivity contribution is -0.121. The predicted molar refractivity (Wildman–Crippen MR) is 61.1 cm³/mol. The van der Waals surface area contributed by atoms with E-state index in [2.05, 4.69) is 5.10 Å². The van der Waals surface area contributed by atoms with E-state index in [4.69, 9.17) is 11.6 Å². The smallest absolute Gasteiger partial charge is 0.135 e. The molecule has 0 N–H and O–H groups in total. The van der Waals surface area contributed by atoms with Crippen LogP contribution in [0.1, 0.15) is 31.7 Å². The maximum Gasteiger partial charge on any atom is 0.135 e. The zero-order chi connectivity index (χ0) is 11.6. The van der Waals surface area contributed by atoms with Crippen LogP contribution >= 0.6 is 11.6 Å². The molecule has 15 heavy (non-hydrogen) atoms. The molecular weight excluding hydrogens is 212 g/mol. The topological polar surface area (TPSA) is 34.9 Å². The van der Waals surface area contributed by atoms with Gasteiger partial charge in [0.2, 0.25) is 0 Å². The van der Waals surface area contributed by atoms with Gasteiger partial charge in [-0.3, -0.25) is 9.48 Å². The van der Waals surface area contributed by atoms with Gasteiger partial charge in [0.25, 0.3) is 0 Å². The molecule has 0 amide bonds. The van der Waals surface area contributed by atoms with E-state index in [1.807, 2.05) is 27.8 Å². The number of aryl methyl sites for hydroxylation is 2. The van der Waals surface area contributed by atoms with E-state index < -0.39 is 0 Å². The number of Topliss-reactive ketones (excluding diaryl/α,β-unsaturated/α-hetero) is 1. The van der Waals surface area contributed by atoms with E-state index in [9.17, 15) is 4.79 Å². The Labute approximate surface area is 95.4 Å². The summed E-state index contributed by atoms with van der Waals surface area (Å²) in [7, 11) is 1.86. The monoisotopic (exact) mass is 228 g/mol. The van der Waals surface area contributed by atoms with Crippen LogP contribution in [0.2, 0.25) is 5.02 Å². The van der Waals surface area contributed by atoms with Crippen molar-refractivity contribution in [3.8, 4) is 0 Å². The first-order chi connectivity index (χ1) is 6.93. The second-order valence-electron chi connectivity index (χ2n) is 4.09. The molecule has 0 unspecified atom stereocenters. The van der Waals surface area contributed by atoms with Crippen molar-refractivity contribution in [1.29, 1.82) is 0 Å². The van der Waals surface area contributed by atoms with Crippen LogP contribution in [0, 0.1) is 12.8 Å². The molecule has 0 aromatic carbocycles. The lowest BCUT2D eigenvalue weighted by atomic mass is 10.0. The van der Waals surface area contributed by atoms with Crippen molar-refractivity contribution in [3.63, 3.8) is 0 Å². The van der Waals surface area contributed by atoms with Crippen LogP contribution < -0.4 is 0 Å². The van der Waals surface area contributed by atoms with Crippen LogP contribution in [0.4, 0.5) is 0 Å². The molecule has 0 bridgehead atoms. The highest BCUT2D eigenvalue weighted by Crippen LogP contribution is 2.21. The number of nitrogens with zero attached hydrogens (tertiary/aromatic N) is 2. The van der Waals surface area contributed by atoms with Gasteiger partial charge in [-0.05, 0) is 13.3 Å². The minimum atomic E-state index is 0.0955. The van der Waals surface area contributed by atoms with Gasteiger partial charge in [-0.15, -0.1) is 0 Å². The Morgan fingerprint density at radius 1 is 1.53 bits per heavy atom. The molecule has 0 fully saturated rings. The molecule has 0 saturated carbocycles. The first kappa shape index (κ1) is 12.2. The Morgan fingerprint density at radius 2 is 2.13 bits per heavy atom. The van der Waals surface area contributed by atoms with Crippen molar-refractivity contribution < 1.29 is 4.79 Å². The summed E-state index contributed by atoms with van der Waals surface area (Å²) in [5.41, 5.74) is 1.77. The van der Waals surface area contributed by atoms with Gasteiger partial charge < -0.3 is 0 Å².